The first-order chi connectivity index (χ1) is 13.2. The van der Waals surface area contributed by atoms with E-state index in [9.17, 15) is 18.0 Å². The van der Waals surface area contributed by atoms with Crippen LogP contribution < -0.4 is 5.32 Å². The van der Waals surface area contributed by atoms with Gasteiger partial charge in [0.15, 0.2) is 4.34 Å². The zero-order valence-corrected chi connectivity index (χ0v) is 16.9. The SMILES string of the molecule is O=C(Nc1nnc(SCc2cccc(C(F)(F)F)c2)s1)c1cc(Cl)cc(Cl)c1. The molecule has 11 heteroatoms. The number of carbonyl (C=O) groups excluding carboxylic acids is 1. The van der Waals surface area contributed by atoms with E-state index in [1.54, 1.807) is 6.07 Å². The molecule has 0 unspecified atom stereocenters. The summed E-state index contributed by atoms with van der Waals surface area (Å²) in [7, 11) is 0. The number of hydrogen-bond donors (Lipinski definition) is 1. The van der Waals surface area contributed by atoms with Gasteiger partial charge in [-0.05, 0) is 29.8 Å². The number of halogens is 5. The molecule has 3 aromatic rings. The summed E-state index contributed by atoms with van der Waals surface area (Å²) in [5, 5.41) is 11.3. The highest BCUT2D eigenvalue weighted by Gasteiger charge is 2.30. The van der Waals surface area contributed by atoms with Crippen molar-refractivity contribution >= 4 is 57.3 Å². The molecule has 146 valence electrons. The Morgan fingerprint density at radius 1 is 1.11 bits per heavy atom. The summed E-state index contributed by atoms with van der Waals surface area (Å²) in [6.07, 6.45) is -4.38. The van der Waals surface area contributed by atoms with Crippen LogP contribution in [0.25, 0.3) is 0 Å². The molecule has 1 N–H and O–H groups in total. The van der Waals surface area contributed by atoms with E-state index >= 15 is 0 Å². The third kappa shape index (κ3) is 5.60. The van der Waals surface area contributed by atoms with Crippen LogP contribution in [0, 0.1) is 0 Å². The van der Waals surface area contributed by atoms with Gasteiger partial charge in [-0.1, -0.05) is 64.5 Å². The monoisotopic (exact) mass is 463 g/mol. The highest BCUT2D eigenvalue weighted by Crippen LogP contribution is 2.32. The van der Waals surface area contributed by atoms with E-state index in [1.165, 1.54) is 36.0 Å². The number of amides is 1. The summed E-state index contributed by atoms with van der Waals surface area (Å²) in [5.74, 6) is -0.161. The molecule has 0 atom stereocenters. The Morgan fingerprint density at radius 2 is 1.82 bits per heavy atom. The highest BCUT2D eigenvalue weighted by atomic mass is 35.5. The second kappa shape index (κ2) is 8.69. The lowest BCUT2D eigenvalue weighted by atomic mass is 10.1. The van der Waals surface area contributed by atoms with Crippen molar-refractivity contribution in [1.82, 2.24) is 10.2 Å². The molecule has 0 radical (unpaired) electrons. The fourth-order valence-electron chi connectivity index (χ4n) is 2.16. The number of hydrogen-bond acceptors (Lipinski definition) is 5. The van der Waals surface area contributed by atoms with Crippen molar-refractivity contribution < 1.29 is 18.0 Å². The van der Waals surface area contributed by atoms with Gasteiger partial charge in [0.05, 0.1) is 5.56 Å². The van der Waals surface area contributed by atoms with E-state index < -0.39 is 17.6 Å². The lowest BCUT2D eigenvalue weighted by Crippen LogP contribution is -2.11. The number of aromatic nitrogens is 2. The lowest BCUT2D eigenvalue weighted by Gasteiger charge is -2.07. The van der Waals surface area contributed by atoms with Crippen LogP contribution in [0.5, 0.6) is 0 Å². The van der Waals surface area contributed by atoms with Crippen LogP contribution in [0.2, 0.25) is 10.0 Å². The van der Waals surface area contributed by atoms with E-state index in [2.05, 4.69) is 15.5 Å². The van der Waals surface area contributed by atoms with Gasteiger partial charge in [-0.3, -0.25) is 10.1 Å². The molecule has 1 heterocycles. The maximum Gasteiger partial charge on any atom is 0.416 e. The predicted molar refractivity (Wildman–Crippen MR) is 105 cm³/mol. The first-order valence-electron chi connectivity index (χ1n) is 7.60. The van der Waals surface area contributed by atoms with Gasteiger partial charge in [-0.25, -0.2) is 0 Å². The normalized spacial score (nSPS) is 11.5. The van der Waals surface area contributed by atoms with Crippen molar-refractivity contribution in [2.45, 2.75) is 16.3 Å². The summed E-state index contributed by atoms with van der Waals surface area (Å²) in [6.45, 7) is 0. The number of carbonyl (C=O) groups is 1. The molecule has 0 saturated heterocycles. The molecule has 0 aliphatic rings. The van der Waals surface area contributed by atoms with E-state index in [0.29, 0.717) is 19.9 Å². The molecule has 2 aromatic carbocycles. The van der Waals surface area contributed by atoms with Gasteiger partial charge in [-0.2, -0.15) is 13.2 Å². The molecule has 0 aliphatic heterocycles. The Hall–Kier alpha value is -1.81. The number of alkyl halides is 3. The van der Waals surface area contributed by atoms with E-state index in [4.69, 9.17) is 23.2 Å². The Kier molecular flexibility index (Phi) is 6.49. The van der Waals surface area contributed by atoms with Gasteiger partial charge in [-0.15, -0.1) is 10.2 Å². The van der Waals surface area contributed by atoms with E-state index in [1.807, 2.05) is 0 Å². The number of thioether (sulfide) groups is 1. The van der Waals surface area contributed by atoms with Crippen LogP contribution in [-0.4, -0.2) is 16.1 Å². The second-order valence-electron chi connectivity index (χ2n) is 5.47. The minimum absolute atomic E-state index is 0.257. The molecule has 28 heavy (non-hydrogen) atoms. The average Bonchev–Trinajstić information content (AvgIpc) is 3.06. The second-order valence-corrected chi connectivity index (χ2v) is 8.55. The van der Waals surface area contributed by atoms with Crippen molar-refractivity contribution in [3.63, 3.8) is 0 Å². The highest BCUT2D eigenvalue weighted by molar-refractivity contribution is 8.00. The van der Waals surface area contributed by atoms with Crippen LogP contribution in [0.4, 0.5) is 18.3 Å². The largest absolute Gasteiger partial charge is 0.416 e. The number of anilines is 1. The molecular weight excluding hydrogens is 454 g/mol. The number of rotatable bonds is 5. The van der Waals surface area contributed by atoms with E-state index in [0.717, 1.165) is 23.5 Å². The van der Waals surface area contributed by atoms with Crippen molar-refractivity contribution in [2.24, 2.45) is 0 Å². The van der Waals surface area contributed by atoms with Crippen LogP contribution in [-0.2, 0) is 11.9 Å². The fourth-order valence-corrected chi connectivity index (χ4v) is 4.37. The zero-order chi connectivity index (χ0) is 20.3. The van der Waals surface area contributed by atoms with Gasteiger partial charge in [0.25, 0.3) is 5.91 Å². The van der Waals surface area contributed by atoms with Gasteiger partial charge in [0, 0.05) is 21.4 Å². The fraction of sp³-hybridized carbons (Fsp3) is 0.118. The Balaban J connectivity index is 1.62. The Labute approximate surface area is 176 Å². The van der Waals surface area contributed by atoms with Crippen LogP contribution in [0.15, 0.2) is 46.8 Å². The third-order valence-electron chi connectivity index (χ3n) is 3.37. The topological polar surface area (TPSA) is 54.9 Å². The molecule has 4 nitrogen and oxygen atoms in total. The van der Waals surface area contributed by atoms with Crippen molar-refractivity contribution in [1.29, 1.82) is 0 Å². The van der Waals surface area contributed by atoms with Crippen molar-refractivity contribution in [3.05, 3.63) is 69.2 Å². The summed E-state index contributed by atoms with van der Waals surface area (Å²) in [5.41, 5.74) is 0.0797. The van der Waals surface area contributed by atoms with Crippen LogP contribution >= 0.6 is 46.3 Å². The maximum absolute atomic E-state index is 12.8. The molecule has 0 fully saturated rings. The number of nitrogens with one attached hydrogen (secondary N) is 1. The zero-order valence-electron chi connectivity index (χ0n) is 13.8. The van der Waals surface area contributed by atoms with E-state index in [-0.39, 0.29) is 16.4 Å². The first-order valence-corrected chi connectivity index (χ1v) is 10.2. The molecule has 3 rings (SSSR count). The van der Waals surface area contributed by atoms with Gasteiger partial charge >= 0.3 is 6.18 Å². The van der Waals surface area contributed by atoms with Gasteiger partial charge < -0.3 is 0 Å². The summed E-state index contributed by atoms with van der Waals surface area (Å²) >= 11 is 14.1. The maximum atomic E-state index is 12.8. The van der Waals surface area contributed by atoms with Crippen LogP contribution in [0.3, 0.4) is 0 Å². The molecule has 1 amide bonds. The predicted octanol–water partition coefficient (Wildman–Crippen LogP) is 6.41. The molecule has 0 aliphatic carbocycles. The van der Waals surface area contributed by atoms with Gasteiger partial charge in [0.1, 0.15) is 0 Å². The van der Waals surface area contributed by atoms with Crippen molar-refractivity contribution in [2.75, 3.05) is 5.32 Å². The minimum atomic E-state index is -4.38. The minimum Gasteiger partial charge on any atom is -0.296 e. The number of nitrogens with zero attached hydrogens (tertiary/aromatic N) is 2. The summed E-state index contributed by atoms with van der Waals surface area (Å²) < 4.78 is 38.8. The Morgan fingerprint density at radius 3 is 2.50 bits per heavy atom. The lowest BCUT2D eigenvalue weighted by molar-refractivity contribution is -0.137. The molecule has 0 bridgehead atoms. The van der Waals surface area contributed by atoms with Crippen molar-refractivity contribution in [3.8, 4) is 0 Å². The van der Waals surface area contributed by atoms with Crippen LogP contribution in [0.1, 0.15) is 21.5 Å². The molecular formula is C17H10Cl2F3N3OS2. The summed E-state index contributed by atoms with van der Waals surface area (Å²) in [4.78, 5) is 12.2. The number of benzene rings is 2. The Bertz CT molecular complexity index is 991. The smallest absolute Gasteiger partial charge is 0.296 e. The average molecular weight is 464 g/mol. The summed E-state index contributed by atoms with van der Waals surface area (Å²) in [6, 6.07) is 9.53. The standard InChI is InChI=1S/C17H10Cl2F3N3OS2/c18-12-5-10(6-13(19)7-12)14(26)23-15-24-25-16(28-15)27-8-9-2-1-3-11(4-9)17(20,21)22/h1-7H,8H2,(H,23,24,26). The molecule has 1 aromatic heterocycles. The first kappa shape index (κ1) is 20.9. The quantitative estimate of drug-likeness (QED) is 0.350. The van der Waals surface area contributed by atoms with Gasteiger partial charge in [0.2, 0.25) is 5.13 Å². The molecule has 0 saturated carbocycles. The third-order valence-corrected chi connectivity index (χ3v) is 5.85. The molecule has 0 spiro atoms.